The van der Waals surface area contributed by atoms with Gasteiger partial charge in [0.15, 0.2) is 0 Å². The normalized spacial score (nSPS) is 11.4. The van der Waals surface area contributed by atoms with Crippen LogP contribution in [0.25, 0.3) is 0 Å². The second-order valence-electron chi connectivity index (χ2n) is 6.46. The van der Waals surface area contributed by atoms with Gasteiger partial charge in [-0.1, -0.05) is 46.1 Å². The number of hydrogen-bond acceptors (Lipinski definition) is 4. The molecule has 0 atom stereocenters. The zero-order valence-electron chi connectivity index (χ0n) is 15.2. The maximum absolute atomic E-state index is 10.9. The van der Waals surface area contributed by atoms with Crippen LogP contribution in [0.3, 0.4) is 0 Å². The van der Waals surface area contributed by atoms with E-state index in [2.05, 4.69) is 53.6 Å². The predicted molar refractivity (Wildman–Crippen MR) is 99.6 cm³/mol. The summed E-state index contributed by atoms with van der Waals surface area (Å²) >= 11 is 3.59. The van der Waals surface area contributed by atoms with Crippen molar-refractivity contribution >= 4 is 21.9 Å². The van der Waals surface area contributed by atoms with E-state index in [1.807, 2.05) is 6.07 Å². The Bertz CT molecular complexity index is 514. The molecule has 0 radical (unpaired) electrons. The van der Waals surface area contributed by atoms with Gasteiger partial charge in [-0.05, 0) is 45.5 Å². The minimum atomic E-state index is -0.383. The Balaban J connectivity index is 2.50. The second kappa shape index (κ2) is 10.7. The van der Waals surface area contributed by atoms with Crippen LogP contribution < -0.4 is 4.74 Å². The molecule has 1 rings (SSSR count). The lowest BCUT2D eigenvalue weighted by Crippen LogP contribution is -2.17. The Labute approximate surface area is 154 Å². The molecule has 0 aliphatic heterocycles. The molecule has 0 aromatic heterocycles. The highest BCUT2D eigenvalue weighted by atomic mass is 79.9. The van der Waals surface area contributed by atoms with Gasteiger partial charge in [0.25, 0.3) is 0 Å². The van der Waals surface area contributed by atoms with Crippen molar-refractivity contribution in [3.63, 3.8) is 0 Å². The first kappa shape index (κ1) is 21.0. The van der Waals surface area contributed by atoms with Crippen LogP contribution in [-0.2, 0) is 19.7 Å². The second-order valence-corrected chi connectivity index (χ2v) is 7.32. The van der Waals surface area contributed by atoms with Crippen LogP contribution in [0, 0.1) is 0 Å². The van der Waals surface area contributed by atoms with Crippen molar-refractivity contribution in [1.82, 2.24) is 0 Å². The molecular weight excluding hydrogens is 372 g/mol. The van der Waals surface area contributed by atoms with Crippen molar-refractivity contribution in [1.29, 1.82) is 0 Å². The molecule has 0 bridgehead atoms. The molecule has 0 saturated heterocycles. The van der Waals surface area contributed by atoms with E-state index in [1.165, 1.54) is 38.4 Å². The molecule has 136 valence electrons. The van der Waals surface area contributed by atoms with E-state index in [-0.39, 0.29) is 18.0 Å². The van der Waals surface area contributed by atoms with E-state index in [0.29, 0.717) is 13.2 Å². The molecule has 0 N–H and O–H groups in total. The molecular formula is C19H29BrO4. The van der Waals surface area contributed by atoms with Crippen molar-refractivity contribution in [3.05, 3.63) is 28.2 Å². The van der Waals surface area contributed by atoms with Crippen LogP contribution in [0.4, 0.5) is 0 Å². The zero-order chi connectivity index (χ0) is 18.0. The third kappa shape index (κ3) is 7.22. The van der Waals surface area contributed by atoms with Crippen LogP contribution in [0.15, 0.2) is 22.7 Å². The van der Waals surface area contributed by atoms with Crippen LogP contribution in [0.2, 0.25) is 0 Å². The largest absolute Gasteiger partial charge is 0.490 e. The third-order valence-corrected chi connectivity index (χ3v) is 4.67. The summed E-state index contributed by atoms with van der Waals surface area (Å²) in [7, 11) is 1.34. The molecule has 0 aliphatic rings. The molecule has 1 aromatic carbocycles. The first-order valence-electron chi connectivity index (χ1n) is 8.48. The van der Waals surface area contributed by atoms with Gasteiger partial charge in [0, 0.05) is 0 Å². The molecule has 0 fully saturated rings. The van der Waals surface area contributed by atoms with Crippen LogP contribution in [0.5, 0.6) is 5.75 Å². The van der Waals surface area contributed by atoms with E-state index in [1.54, 1.807) is 0 Å². The van der Waals surface area contributed by atoms with Crippen LogP contribution in [0.1, 0.15) is 52.0 Å². The Morgan fingerprint density at radius 2 is 1.96 bits per heavy atom. The molecule has 5 heteroatoms. The SMILES string of the molecule is CCCCCC(C)(C)c1ccc(OCCOCC(=O)OC)c(Br)c1. The van der Waals surface area contributed by atoms with Gasteiger partial charge in [0.05, 0.1) is 18.2 Å². The summed E-state index contributed by atoms with van der Waals surface area (Å²) in [6.45, 7) is 7.47. The monoisotopic (exact) mass is 400 g/mol. The number of ether oxygens (including phenoxy) is 3. The fraction of sp³-hybridized carbons (Fsp3) is 0.632. The molecule has 0 heterocycles. The Kier molecular flexibility index (Phi) is 9.37. The lowest BCUT2D eigenvalue weighted by molar-refractivity contribution is -0.146. The van der Waals surface area contributed by atoms with Crippen molar-refractivity contribution < 1.29 is 19.0 Å². The zero-order valence-corrected chi connectivity index (χ0v) is 16.8. The fourth-order valence-corrected chi connectivity index (χ4v) is 2.92. The van der Waals surface area contributed by atoms with E-state index < -0.39 is 0 Å². The van der Waals surface area contributed by atoms with Crippen LogP contribution >= 0.6 is 15.9 Å². The summed E-state index contributed by atoms with van der Waals surface area (Å²) in [5.74, 6) is 0.399. The smallest absolute Gasteiger partial charge is 0.331 e. The number of hydrogen-bond donors (Lipinski definition) is 0. The number of esters is 1. The Morgan fingerprint density at radius 1 is 1.21 bits per heavy atom. The number of rotatable bonds is 11. The maximum Gasteiger partial charge on any atom is 0.331 e. The molecule has 0 saturated carbocycles. The molecule has 4 nitrogen and oxygen atoms in total. The summed E-state index contributed by atoms with van der Waals surface area (Å²) in [4.78, 5) is 10.9. The summed E-state index contributed by atoms with van der Waals surface area (Å²) in [6.07, 6.45) is 4.94. The topological polar surface area (TPSA) is 44.8 Å². The van der Waals surface area contributed by atoms with Gasteiger partial charge in [0.2, 0.25) is 0 Å². The third-order valence-electron chi connectivity index (χ3n) is 4.05. The minimum absolute atomic E-state index is 0.0497. The van der Waals surface area contributed by atoms with E-state index >= 15 is 0 Å². The molecule has 0 amide bonds. The van der Waals surface area contributed by atoms with Gasteiger partial charge in [0.1, 0.15) is 19.0 Å². The van der Waals surface area contributed by atoms with Gasteiger partial charge < -0.3 is 14.2 Å². The van der Waals surface area contributed by atoms with Crippen molar-refractivity contribution in [3.8, 4) is 5.75 Å². The maximum atomic E-state index is 10.9. The summed E-state index contributed by atoms with van der Waals surface area (Å²) < 4.78 is 16.3. The molecule has 0 aliphatic carbocycles. The first-order valence-corrected chi connectivity index (χ1v) is 9.27. The average molecular weight is 401 g/mol. The van der Waals surface area contributed by atoms with Gasteiger partial charge in [-0.25, -0.2) is 4.79 Å². The lowest BCUT2D eigenvalue weighted by Gasteiger charge is -2.26. The highest BCUT2D eigenvalue weighted by Gasteiger charge is 2.21. The molecule has 24 heavy (non-hydrogen) atoms. The number of methoxy groups -OCH3 is 1. The lowest BCUT2D eigenvalue weighted by atomic mass is 9.80. The first-order chi connectivity index (χ1) is 11.4. The Morgan fingerprint density at radius 3 is 2.58 bits per heavy atom. The van der Waals surface area contributed by atoms with E-state index in [0.717, 1.165) is 10.2 Å². The quantitative estimate of drug-likeness (QED) is 0.392. The van der Waals surface area contributed by atoms with Gasteiger partial charge >= 0.3 is 5.97 Å². The number of halogens is 1. The van der Waals surface area contributed by atoms with Crippen molar-refractivity contribution in [2.24, 2.45) is 0 Å². The van der Waals surface area contributed by atoms with E-state index in [9.17, 15) is 4.79 Å². The van der Waals surface area contributed by atoms with Crippen molar-refractivity contribution in [2.75, 3.05) is 26.9 Å². The highest BCUT2D eigenvalue weighted by molar-refractivity contribution is 9.10. The number of carbonyl (C=O) groups is 1. The van der Waals surface area contributed by atoms with Gasteiger partial charge in [-0.3, -0.25) is 0 Å². The molecule has 0 unspecified atom stereocenters. The van der Waals surface area contributed by atoms with Crippen molar-refractivity contribution in [2.45, 2.75) is 51.9 Å². The van der Waals surface area contributed by atoms with E-state index in [4.69, 9.17) is 9.47 Å². The van der Waals surface area contributed by atoms with Gasteiger partial charge in [-0.15, -0.1) is 0 Å². The molecule has 1 aromatic rings. The standard InChI is InChI=1S/C19H29BrO4/c1-5-6-7-10-19(2,3)15-8-9-17(16(20)13-15)24-12-11-23-14-18(21)22-4/h8-9,13H,5-7,10-12,14H2,1-4H3. The Hall–Kier alpha value is -1.07. The summed E-state index contributed by atoms with van der Waals surface area (Å²) in [5.41, 5.74) is 1.46. The highest BCUT2D eigenvalue weighted by Crippen LogP contribution is 2.34. The number of unbranched alkanes of at least 4 members (excludes halogenated alkanes) is 2. The number of benzene rings is 1. The summed E-state index contributed by atoms with van der Waals surface area (Å²) in [6, 6.07) is 6.25. The predicted octanol–water partition coefficient (Wildman–Crippen LogP) is 4.88. The van der Waals surface area contributed by atoms with Gasteiger partial charge in [-0.2, -0.15) is 0 Å². The average Bonchev–Trinajstić information content (AvgIpc) is 2.55. The fourth-order valence-electron chi connectivity index (χ4n) is 2.43. The summed E-state index contributed by atoms with van der Waals surface area (Å²) in [5, 5.41) is 0. The minimum Gasteiger partial charge on any atom is -0.490 e. The van der Waals surface area contributed by atoms with Crippen LogP contribution in [-0.4, -0.2) is 32.9 Å². The number of carbonyl (C=O) groups excluding carboxylic acids is 1. The molecule has 0 spiro atoms.